The molecule has 0 saturated carbocycles. The summed E-state index contributed by atoms with van der Waals surface area (Å²) in [6.45, 7) is 0. The number of benzene rings is 4. The molecular formula is C25H19F3P+. The second-order valence-corrected chi connectivity index (χ2v) is 10.3. The summed E-state index contributed by atoms with van der Waals surface area (Å²) in [5.41, 5.74) is 0.175. The van der Waals surface area contributed by atoms with Gasteiger partial charge in [-0.05, 0) is 42.5 Å². The van der Waals surface area contributed by atoms with E-state index in [4.69, 9.17) is 0 Å². The first-order chi connectivity index (χ1) is 14.1. The average Bonchev–Trinajstić information content (AvgIpc) is 2.77. The lowest BCUT2D eigenvalue weighted by molar-refractivity contribution is 0.492. The molecule has 0 aliphatic heterocycles. The van der Waals surface area contributed by atoms with Gasteiger partial charge in [-0.15, -0.1) is 0 Å². The topological polar surface area (TPSA) is 0 Å². The normalized spacial score (nSPS) is 11.4. The fraction of sp³-hybridized carbons (Fsp3) is 0.0400. The van der Waals surface area contributed by atoms with Crippen molar-refractivity contribution < 1.29 is 13.2 Å². The molecule has 0 heterocycles. The van der Waals surface area contributed by atoms with Gasteiger partial charge >= 0.3 is 0 Å². The van der Waals surface area contributed by atoms with Crippen molar-refractivity contribution in [3.8, 4) is 0 Å². The van der Waals surface area contributed by atoms with Crippen LogP contribution in [0.25, 0.3) is 0 Å². The van der Waals surface area contributed by atoms with Crippen molar-refractivity contribution in [2.75, 3.05) is 0 Å². The van der Waals surface area contributed by atoms with Gasteiger partial charge in [0.05, 0.1) is 0 Å². The SMILES string of the molecule is Fc1cc(F)c(C[P+](c2ccccc2)(c2ccccc2)c2ccccc2)cc1F. The summed E-state index contributed by atoms with van der Waals surface area (Å²) in [5.74, 6) is -2.93. The smallest absolute Gasteiger partial charge is 0.161 e. The first kappa shape index (κ1) is 19.4. The van der Waals surface area contributed by atoms with Crippen LogP contribution >= 0.6 is 7.26 Å². The van der Waals surface area contributed by atoms with E-state index in [0.29, 0.717) is 6.07 Å². The zero-order chi connectivity index (χ0) is 20.3. The minimum Gasteiger partial charge on any atom is -0.206 e. The molecule has 0 saturated heterocycles. The predicted octanol–water partition coefficient (Wildman–Crippen LogP) is 5.60. The minimum atomic E-state index is -2.37. The van der Waals surface area contributed by atoms with Gasteiger partial charge in [-0.2, -0.15) is 0 Å². The third-order valence-electron chi connectivity index (χ3n) is 5.09. The molecule has 0 amide bonds. The van der Waals surface area contributed by atoms with Gasteiger partial charge in [0.2, 0.25) is 0 Å². The van der Waals surface area contributed by atoms with E-state index in [1.165, 1.54) is 0 Å². The van der Waals surface area contributed by atoms with Crippen molar-refractivity contribution >= 4 is 23.2 Å². The molecule has 0 bridgehead atoms. The van der Waals surface area contributed by atoms with Crippen LogP contribution in [0.5, 0.6) is 0 Å². The highest BCUT2D eigenvalue weighted by Gasteiger charge is 2.46. The van der Waals surface area contributed by atoms with Gasteiger partial charge < -0.3 is 0 Å². The van der Waals surface area contributed by atoms with Crippen LogP contribution in [0.2, 0.25) is 0 Å². The van der Waals surface area contributed by atoms with E-state index in [0.717, 1.165) is 22.0 Å². The molecule has 0 aliphatic carbocycles. The molecule has 0 fully saturated rings. The Kier molecular flexibility index (Phi) is 5.51. The Labute approximate surface area is 169 Å². The second kappa shape index (κ2) is 8.23. The molecule has 0 aliphatic rings. The van der Waals surface area contributed by atoms with E-state index in [9.17, 15) is 13.2 Å². The molecule has 0 spiro atoms. The van der Waals surface area contributed by atoms with Crippen LogP contribution < -0.4 is 15.9 Å². The van der Waals surface area contributed by atoms with Gasteiger partial charge in [-0.3, -0.25) is 0 Å². The monoisotopic (exact) mass is 407 g/mol. The third-order valence-corrected chi connectivity index (χ3v) is 9.44. The number of hydrogen-bond acceptors (Lipinski definition) is 0. The highest BCUT2D eigenvalue weighted by molar-refractivity contribution is 7.95. The number of hydrogen-bond donors (Lipinski definition) is 0. The highest BCUT2D eigenvalue weighted by Crippen LogP contribution is 2.58. The lowest BCUT2D eigenvalue weighted by Gasteiger charge is -2.28. The Morgan fingerprint density at radius 2 is 0.862 bits per heavy atom. The van der Waals surface area contributed by atoms with Gasteiger partial charge in [0.1, 0.15) is 35.2 Å². The average molecular weight is 407 g/mol. The molecule has 29 heavy (non-hydrogen) atoms. The number of rotatable bonds is 5. The van der Waals surface area contributed by atoms with Crippen LogP contribution in [0.4, 0.5) is 13.2 Å². The summed E-state index contributed by atoms with van der Waals surface area (Å²) in [7, 11) is -2.37. The highest BCUT2D eigenvalue weighted by atomic mass is 31.2. The van der Waals surface area contributed by atoms with E-state index in [1.807, 2.05) is 91.0 Å². The Morgan fingerprint density at radius 1 is 0.483 bits per heavy atom. The quantitative estimate of drug-likeness (QED) is 0.299. The molecule has 4 aromatic carbocycles. The molecule has 0 unspecified atom stereocenters. The third kappa shape index (κ3) is 3.71. The Balaban J connectivity index is 2.02. The van der Waals surface area contributed by atoms with E-state index >= 15 is 0 Å². The molecule has 144 valence electrons. The van der Waals surface area contributed by atoms with Gasteiger partial charge in [-0.1, -0.05) is 54.6 Å². The van der Waals surface area contributed by atoms with Crippen molar-refractivity contribution in [3.05, 3.63) is 126 Å². The molecule has 0 atom stereocenters. The summed E-state index contributed by atoms with van der Waals surface area (Å²) in [6, 6.07) is 31.4. The van der Waals surface area contributed by atoms with Crippen molar-refractivity contribution in [3.63, 3.8) is 0 Å². The van der Waals surface area contributed by atoms with Crippen LogP contribution in [-0.2, 0) is 6.16 Å². The molecule has 4 rings (SSSR count). The van der Waals surface area contributed by atoms with Gasteiger partial charge in [0, 0.05) is 11.6 Å². The number of halogens is 3. The molecule has 0 nitrogen and oxygen atoms in total. The second-order valence-electron chi connectivity index (χ2n) is 6.83. The summed E-state index contributed by atoms with van der Waals surface area (Å²) >= 11 is 0. The maximum absolute atomic E-state index is 14.7. The zero-order valence-electron chi connectivity index (χ0n) is 15.6. The summed E-state index contributed by atoms with van der Waals surface area (Å²) in [6.07, 6.45) is 0.258. The Morgan fingerprint density at radius 3 is 1.28 bits per heavy atom. The fourth-order valence-electron chi connectivity index (χ4n) is 3.71. The van der Waals surface area contributed by atoms with Gasteiger partial charge in [-0.25, -0.2) is 13.2 Å². The minimum absolute atomic E-state index is 0.175. The van der Waals surface area contributed by atoms with E-state index in [-0.39, 0.29) is 11.7 Å². The lowest BCUT2D eigenvalue weighted by Crippen LogP contribution is -2.32. The maximum atomic E-state index is 14.7. The fourth-order valence-corrected chi connectivity index (χ4v) is 7.95. The lowest BCUT2D eigenvalue weighted by atomic mass is 10.2. The Hall–Kier alpha value is -2.90. The molecule has 4 aromatic rings. The molecule has 0 N–H and O–H groups in total. The van der Waals surface area contributed by atoms with Gasteiger partial charge in [0.25, 0.3) is 0 Å². The van der Waals surface area contributed by atoms with Crippen LogP contribution in [-0.4, -0.2) is 0 Å². The van der Waals surface area contributed by atoms with Crippen molar-refractivity contribution in [2.24, 2.45) is 0 Å². The van der Waals surface area contributed by atoms with Crippen molar-refractivity contribution in [1.29, 1.82) is 0 Å². The largest absolute Gasteiger partial charge is 0.206 e. The van der Waals surface area contributed by atoms with E-state index in [2.05, 4.69) is 0 Å². The summed E-state index contributed by atoms with van der Waals surface area (Å²) in [4.78, 5) is 0. The molecule has 0 aromatic heterocycles. The maximum Gasteiger partial charge on any atom is 0.161 e. The van der Waals surface area contributed by atoms with Crippen LogP contribution in [0.1, 0.15) is 5.56 Å². The van der Waals surface area contributed by atoms with Gasteiger partial charge in [0.15, 0.2) is 11.6 Å². The molecular weight excluding hydrogens is 388 g/mol. The zero-order valence-corrected chi connectivity index (χ0v) is 16.5. The van der Waals surface area contributed by atoms with E-state index in [1.54, 1.807) is 0 Å². The van der Waals surface area contributed by atoms with Crippen molar-refractivity contribution in [2.45, 2.75) is 6.16 Å². The van der Waals surface area contributed by atoms with Crippen LogP contribution in [0, 0.1) is 17.5 Å². The Bertz CT molecular complexity index is 1000. The van der Waals surface area contributed by atoms with Crippen LogP contribution in [0.3, 0.4) is 0 Å². The molecule has 4 heteroatoms. The van der Waals surface area contributed by atoms with Crippen LogP contribution in [0.15, 0.2) is 103 Å². The van der Waals surface area contributed by atoms with E-state index < -0.39 is 24.7 Å². The van der Waals surface area contributed by atoms with Crippen molar-refractivity contribution in [1.82, 2.24) is 0 Å². The summed E-state index contributed by atoms with van der Waals surface area (Å²) < 4.78 is 42.3. The molecule has 0 radical (unpaired) electrons. The first-order valence-electron chi connectivity index (χ1n) is 9.29. The standard InChI is InChI=1S/C25H19F3P/c26-23-17-25(28)24(27)16-19(23)18-29(20-10-4-1-5-11-20,21-12-6-2-7-13-21)22-14-8-3-9-15-22/h1-17H,18H2/q+1. The predicted molar refractivity (Wildman–Crippen MR) is 115 cm³/mol. The summed E-state index contributed by atoms with van der Waals surface area (Å²) in [5, 5.41) is 3.17. The first-order valence-corrected chi connectivity index (χ1v) is 11.3.